The summed E-state index contributed by atoms with van der Waals surface area (Å²) in [5.41, 5.74) is 1.44. The van der Waals surface area contributed by atoms with Gasteiger partial charge in [-0.1, -0.05) is 18.2 Å². The van der Waals surface area contributed by atoms with E-state index in [9.17, 15) is 8.78 Å². The van der Waals surface area contributed by atoms with Gasteiger partial charge in [0.2, 0.25) is 0 Å². The van der Waals surface area contributed by atoms with Crippen molar-refractivity contribution >= 4 is 0 Å². The zero-order valence-electron chi connectivity index (χ0n) is 12.4. The predicted octanol–water partition coefficient (Wildman–Crippen LogP) is 4.39. The van der Waals surface area contributed by atoms with Crippen molar-refractivity contribution in [1.82, 2.24) is 5.32 Å². The molecule has 0 aliphatic carbocycles. The third-order valence-electron chi connectivity index (χ3n) is 3.54. The highest BCUT2D eigenvalue weighted by molar-refractivity contribution is 5.37. The van der Waals surface area contributed by atoms with Gasteiger partial charge in [-0.05, 0) is 43.7 Å². The van der Waals surface area contributed by atoms with E-state index < -0.39 is 0 Å². The average molecular weight is 291 g/mol. The molecule has 112 valence electrons. The third kappa shape index (κ3) is 3.58. The Morgan fingerprint density at radius 3 is 2.24 bits per heavy atom. The first kappa shape index (κ1) is 15.4. The van der Waals surface area contributed by atoms with Crippen molar-refractivity contribution in [2.24, 2.45) is 0 Å². The van der Waals surface area contributed by atoms with Gasteiger partial charge in [0.05, 0.1) is 7.11 Å². The van der Waals surface area contributed by atoms with Crippen LogP contribution in [0.3, 0.4) is 0 Å². The second-order valence-corrected chi connectivity index (χ2v) is 5.02. The lowest BCUT2D eigenvalue weighted by atomic mass is 10.0. The van der Waals surface area contributed by atoms with Crippen LogP contribution in [0, 0.1) is 11.6 Å². The van der Waals surface area contributed by atoms with Gasteiger partial charge in [0, 0.05) is 17.6 Å². The van der Waals surface area contributed by atoms with Gasteiger partial charge in [0.15, 0.2) is 0 Å². The smallest absolute Gasteiger partial charge is 0.131 e. The summed E-state index contributed by atoms with van der Waals surface area (Å²) in [6, 6.07) is 10.8. The fourth-order valence-corrected chi connectivity index (χ4v) is 2.42. The van der Waals surface area contributed by atoms with E-state index in [4.69, 9.17) is 4.74 Å². The van der Waals surface area contributed by atoms with E-state index in [1.165, 1.54) is 25.3 Å². The Kier molecular flexibility index (Phi) is 4.91. The van der Waals surface area contributed by atoms with Crippen LogP contribution in [0.25, 0.3) is 0 Å². The van der Waals surface area contributed by atoms with Crippen LogP contribution in [0.4, 0.5) is 8.78 Å². The summed E-state index contributed by atoms with van der Waals surface area (Å²) in [5.74, 6) is -0.0586. The van der Waals surface area contributed by atoms with Crippen molar-refractivity contribution in [1.29, 1.82) is 0 Å². The molecule has 0 heterocycles. The maximum atomic E-state index is 14.0. The first-order valence-corrected chi connectivity index (χ1v) is 6.87. The number of halogens is 2. The topological polar surface area (TPSA) is 21.3 Å². The van der Waals surface area contributed by atoms with Gasteiger partial charge >= 0.3 is 0 Å². The molecule has 2 aromatic carbocycles. The molecule has 0 saturated carbocycles. The highest BCUT2D eigenvalue weighted by Gasteiger charge is 2.18. The third-order valence-corrected chi connectivity index (χ3v) is 3.54. The van der Waals surface area contributed by atoms with Crippen LogP contribution in [0.2, 0.25) is 0 Å². The van der Waals surface area contributed by atoms with Crippen LogP contribution in [-0.4, -0.2) is 7.11 Å². The number of benzene rings is 2. The molecule has 1 N–H and O–H groups in total. The molecule has 2 aromatic rings. The molecule has 2 rings (SSSR count). The minimum atomic E-state index is -0.305. The molecule has 0 aliphatic heterocycles. The van der Waals surface area contributed by atoms with Crippen LogP contribution in [-0.2, 0) is 0 Å². The first-order chi connectivity index (χ1) is 10.0. The van der Waals surface area contributed by atoms with Crippen molar-refractivity contribution in [2.45, 2.75) is 25.9 Å². The van der Waals surface area contributed by atoms with Crippen molar-refractivity contribution in [2.75, 3.05) is 7.11 Å². The lowest BCUT2D eigenvalue weighted by Gasteiger charge is -2.22. The van der Waals surface area contributed by atoms with E-state index >= 15 is 0 Å². The van der Waals surface area contributed by atoms with E-state index in [0.717, 1.165) is 5.56 Å². The standard InChI is InChI=1S/C17H19F2NO/c1-11(13-7-9-14(18)10-8-13)20-12(2)17-15(19)5-4-6-16(17)21-3/h4-12,20H,1-3H3. The van der Waals surface area contributed by atoms with Crippen molar-refractivity contribution in [3.8, 4) is 5.75 Å². The average Bonchev–Trinajstić information content (AvgIpc) is 2.47. The zero-order chi connectivity index (χ0) is 15.4. The fraction of sp³-hybridized carbons (Fsp3) is 0.294. The number of hydrogen-bond acceptors (Lipinski definition) is 2. The molecular formula is C17H19F2NO. The summed E-state index contributed by atoms with van der Waals surface area (Å²) in [6.07, 6.45) is 0. The molecule has 0 fully saturated rings. The molecule has 2 nitrogen and oxygen atoms in total. The number of rotatable bonds is 5. The number of ether oxygens (including phenoxy) is 1. The fourth-order valence-electron chi connectivity index (χ4n) is 2.42. The Balaban J connectivity index is 2.18. The summed E-state index contributed by atoms with van der Waals surface area (Å²) in [7, 11) is 1.52. The quantitative estimate of drug-likeness (QED) is 0.882. The number of methoxy groups -OCH3 is 1. The van der Waals surface area contributed by atoms with Gasteiger partial charge in [0.25, 0.3) is 0 Å². The van der Waals surface area contributed by atoms with E-state index in [1.807, 2.05) is 13.8 Å². The monoisotopic (exact) mass is 291 g/mol. The van der Waals surface area contributed by atoms with Crippen LogP contribution >= 0.6 is 0 Å². The second-order valence-electron chi connectivity index (χ2n) is 5.02. The molecule has 0 saturated heterocycles. The SMILES string of the molecule is COc1cccc(F)c1C(C)NC(C)c1ccc(F)cc1. The molecule has 0 aromatic heterocycles. The van der Waals surface area contributed by atoms with E-state index in [2.05, 4.69) is 5.32 Å². The second kappa shape index (κ2) is 6.68. The zero-order valence-corrected chi connectivity index (χ0v) is 12.4. The minimum Gasteiger partial charge on any atom is -0.496 e. The lowest BCUT2D eigenvalue weighted by molar-refractivity contribution is 0.387. The minimum absolute atomic E-state index is 0.0371. The highest BCUT2D eigenvalue weighted by Crippen LogP contribution is 2.29. The van der Waals surface area contributed by atoms with E-state index in [-0.39, 0.29) is 23.7 Å². The number of nitrogens with one attached hydrogen (secondary N) is 1. The molecule has 0 amide bonds. The van der Waals surface area contributed by atoms with Crippen LogP contribution in [0.15, 0.2) is 42.5 Å². The Morgan fingerprint density at radius 2 is 1.62 bits per heavy atom. The molecule has 0 radical (unpaired) electrons. The molecule has 2 atom stereocenters. The summed E-state index contributed by atoms with van der Waals surface area (Å²) in [4.78, 5) is 0. The molecular weight excluding hydrogens is 272 g/mol. The first-order valence-electron chi connectivity index (χ1n) is 6.87. The summed E-state index contributed by atoms with van der Waals surface area (Å²) in [6.45, 7) is 3.83. The molecule has 0 bridgehead atoms. The van der Waals surface area contributed by atoms with Gasteiger partial charge < -0.3 is 10.1 Å². The molecule has 0 aliphatic rings. The molecule has 2 unspecified atom stereocenters. The Morgan fingerprint density at radius 1 is 0.952 bits per heavy atom. The highest BCUT2D eigenvalue weighted by atomic mass is 19.1. The Bertz CT molecular complexity index is 598. The summed E-state index contributed by atoms with van der Waals surface area (Å²) < 4.78 is 32.2. The van der Waals surface area contributed by atoms with Crippen LogP contribution < -0.4 is 10.1 Å². The maximum absolute atomic E-state index is 14.0. The maximum Gasteiger partial charge on any atom is 0.131 e. The molecule has 21 heavy (non-hydrogen) atoms. The van der Waals surface area contributed by atoms with Gasteiger partial charge in [0.1, 0.15) is 17.4 Å². The normalized spacial score (nSPS) is 13.8. The van der Waals surface area contributed by atoms with Gasteiger partial charge in [-0.3, -0.25) is 0 Å². The Hall–Kier alpha value is -1.94. The van der Waals surface area contributed by atoms with Gasteiger partial charge in [-0.25, -0.2) is 8.78 Å². The largest absolute Gasteiger partial charge is 0.496 e. The predicted molar refractivity (Wildman–Crippen MR) is 79.3 cm³/mol. The van der Waals surface area contributed by atoms with Crippen LogP contribution in [0.1, 0.15) is 37.1 Å². The van der Waals surface area contributed by atoms with Crippen molar-refractivity contribution in [3.63, 3.8) is 0 Å². The van der Waals surface area contributed by atoms with E-state index in [0.29, 0.717) is 11.3 Å². The summed E-state index contributed by atoms with van der Waals surface area (Å²) >= 11 is 0. The van der Waals surface area contributed by atoms with Gasteiger partial charge in [-0.2, -0.15) is 0 Å². The van der Waals surface area contributed by atoms with Gasteiger partial charge in [-0.15, -0.1) is 0 Å². The molecule has 4 heteroatoms. The lowest BCUT2D eigenvalue weighted by Crippen LogP contribution is -2.23. The Labute approximate surface area is 123 Å². The van der Waals surface area contributed by atoms with Crippen molar-refractivity contribution in [3.05, 3.63) is 65.2 Å². The number of hydrogen-bond donors (Lipinski definition) is 1. The van der Waals surface area contributed by atoms with Crippen molar-refractivity contribution < 1.29 is 13.5 Å². The van der Waals surface area contributed by atoms with E-state index in [1.54, 1.807) is 24.3 Å². The summed E-state index contributed by atoms with van der Waals surface area (Å²) in [5, 5.41) is 3.30. The molecule has 0 spiro atoms. The van der Waals surface area contributed by atoms with Crippen LogP contribution in [0.5, 0.6) is 5.75 Å².